The van der Waals surface area contributed by atoms with Crippen LogP contribution in [0.15, 0.2) is 30.5 Å². The molecule has 2 saturated carbocycles. The number of ketones is 1. The molecule has 2 aromatic rings. The number of amides is 2. The number of nitrogens with one attached hydrogen (secondary N) is 1. The summed E-state index contributed by atoms with van der Waals surface area (Å²) in [7, 11) is 0. The largest absolute Gasteiger partial charge is 0.368 e. The Bertz CT molecular complexity index is 1540. The van der Waals surface area contributed by atoms with Crippen molar-refractivity contribution in [2.45, 2.75) is 89.1 Å². The Morgan fingerprint density at radius 2 is 1.87 bits per heavy atom. The fourth-order valence-corrected chi connectivity index (χ4v) is 9.57. The van der Waals surface area contributed by atoms with Crippen LogP contribution < -0.4 is 5.32 Å². The number of Topliss-reactive ketones (excluding diaryl/α,β-unsaturated/α-hetero) is 1. The van der Waals surface area contributed by atoms with E-state index in [4.69, 9.17) is 27.9 Å². The smallest absolute Gasteiger partial charge is 0.251 e. The number of carbonyl (C=O) groups is 3. The molecular formula is C35H40Cl2FN3O4. The summed E-state index contributed by atoms with van der Waals surface area (Å²) in [5.74, 6) is -2.29. The van der Waals surface area contributed by atoms with Crippen molar-refractivity contribution in [3.63, 3.8) is 0 Å². The lowest BCUT2D eigenvalue weighted by atomic mass is 9.51. The van der Waals surface area contributed by atoms with Crippen LogP contribution in [0.25, 0.3) is 0 Å². The van der Waals surface area contributed by atoms with E-state index in [-0.39, 0.29) is 46.1 Å². The highest BCUT2D eigenvalue weighted by Gasteiger charge is 2.72. The van der Waals surface area contributed by atoms with Gasteiger partial charge in [-0.3, -0.25) is 14.4 Å². The Morgan fingerprint density at radius 1 is 1.11 bits per heavy atom. The topological polar surface area (TPSA) is 88.6 Å². The fraction of sp³-hybridized carbons (Fsp3) is 0.600. The average molecular weight is 657 g/mol. The van der Waals surface area contributed by atoms with Crippen molar-refractivity contribution in [3.05, 3.63) is 57.6 Å². The van der Waals surface area contributed by atoms with Crippen molar-refractivity contribution in [2.75, 3.05) is 25.0 Å². The van der Waals surface area contributed by atoms with Crippen LogP contribution in [0.5, 0.6) is 0 Å². The predicted octanol–water partition coefficient (Wildman–Crippen LogP) is 7.09. The Labute approximate surface area is 273 Å². The first-order valence-corrected chi connectivity index (χ1v) is 17.1. The number of ether oxygens (including phenoxy) is 1. The van der Waals surface area contributed by atoms with Crippen molar-refractivity contribution >= 4 is 46.5 Å². The van der Waals surface area contributed by atoms with Crippen molar-refractivity contribution in [2.24, 2.45) is 22.7 Å². The zero-order chi connectivity index (χ0) is 31.7. The number of benzene rings is 1. The van der Waals surface area contributed by atoms with E-state index in [0.717, 1.165) is 50.8 Å². The molecule has 3 aliphatic heterocycles. The molecule has 0 unspecified atom stereocenters. The average Bonchev–Trinajstić information content (AvgIpc) is 3.43. The number of halogens is 3. The first-order valence-electron chi connectivity index (χ1n) is 16.3. The standard InChI is InChI=1S/C35H40Cl2FN3O4/c1-33(2)9-11-34(12-10-33)18-23(26(42)16-20-4-7-27(45-19-20)31(43)41-14-3-15-41)28(22-8-13-39-30(37)29(22)38)35(34)24-6-5-21(36)17-25(24)40-32(35)44/h5-6,8,13,17,20,23,27-28H,3-4,7,9-12,14-16,18-19H2,1-2H3,(H,40,44)/t20-,23-,27-,28-,35+/m0/s1. The van der Waals surface area contributed by atoms with Crippen LogP contribution in [0.4, 0.5) is 10.1 Å². The Hall–Kier alpha value is -2.55. The van der Waals surface area contributed by atoms with Gasteiger partial charge in [0, 0.05) is 48.3 Å². The van der Waals surface area contributed by atoms with E-state index in [2.05, 4.69) is 24.1 Å². The molecule has 240 valence electrons. The number of rotatable bonds is 5. The summed E-state index contributed by atoms with van der Waals surface area (Å²) in [4.78, 5) is 47.7. The maximum atomic E-state index is 16.1. The molecule has 2 aliphatic carbocycles. The molecule has 10 heteroatoms. The van der Waals surface area contributed by atoms with Crippen LogP contribution in [0.3, 0.4) is 0 Å². The Morgan fingerprint density at radius 3 is 2.53 bits per heavy atom. The quantitative estimate of drug-likeness (QED) is 0.347. The number of fused-ring (bicyclic) bond motifs is 3. The number of nitrogens with zero attached hydrogens (tertiary/aromatic N) is 2. The summed E-state index contributed by atoms with van der Waals surface area (Å²) in [6.45, 7) is 6.38. The molecule has 1 aromatic carbocycles. The predicted molar refractivity (Wildman–Crippen MR) is 170 cm³/mol. The Balaban J connectivity index is 1.28. The van der Waals surface area contributed by atoms with E-state index in [1.54, 1.807) is 18.2 Å². The van der Waals surface area contributed by atoms with Gasteiger partial charge in [0.15, 0.2) is 11.0 Å². The molecule has 0 bridgehead atoms. The summed E-state index contributed by atoms with van der Waals surface area (Å²) in [6, 6.07) is 7.02. The number of aromatic nitrogens is 1. The van der Waals surface area contributed by atoms with Crippen molar-refractivity contribution < 1.29 is 23.5 Å². The van der Waals surface area contributed by atoms with Gasteiger partial charge >= 0.3 is 0 Å². The van der Waals surface area contributed by atoms with Gasteiger partial charge in [0.2, 0.25) is 5.91 Å². The highest BCUT2D eigenvalue weighted by molar-refractivity contribution is 6.31. The number of hydrogen-bond donors (Lipinski definition) is 1. The molecule has 0 radical (unpaired) electrons. The van der Waals surface area contributed by atoms with Gasteiger partial charge in [-0.1, -0.05) is 43.1 Å². The molecule has 1 aromatic heterocycles. The van der Waals surface area contributed by atoms with Gasteiger partial charge in [-0.25, -0.2) is 9.37 Å². The van der Waals surface area contributed by atoms with Crippen LogP contribution in [-0.4, -0.2) is 53.3 Å². The molecule has 2 spiro atoms. The van der Waals surface area contributed by atoms with Crippen molar-refractivity contribution in [1.82, 2.24) is 9.88 Å². The van der Waals surface area contributed by atoms with Crippen LogP contribution in [-0.2, 0) is 24.5 Å². The number of anilines is 1. The third-order valence-corrected chi connectivity index (χ3v) is 12.3. The van der Waals surface area contributed by atoms with Gasteiger partial charge in [-0.05, 0) is 97.4 Å². The van der Waals surface area contributed by atoms with E-state index in [0.29, 0.717) is 36.6 Å². The summed E-state index contributed by atoms with van der Waals surface area (Å²) in [5.41, 5.74) is -0.0138. The van der Waals surface area contributed by atoms with E-state index < -0.39 is 34.6 Å². The third-order valence-electron chi connectivity index (χ3n) is 11.8. The lowest BCUT2D eigenvalue weighted by Crippen LogP contribution is -2.52. The minimum absolute atomic E-state index is 0.00440. The Kier molecular flexibility index (Phi) is 7.81. The number of pyridine rings is 1. The lowest BCUT2D eigenvalue weighted by Gasteiger charge is -2.51. The molecule has 7 nitrogen and oxygen atoms in total. The summed E-state index contributed by atoms with van der Waals surface area (Å²) < 4.78 is 22.1. The van der Waals surface area contributed by atoms with Crippen molar-refractivity contribution in [3.8, 4) is 0 Å². The van der Waals surface area contributed by atoms with E-state index in [9.17, 15) is 14.4 Å². The molecule has 4 fully saturated rings. The second-order valence-electron chi connectivity index (χ2n) is 14.8. The second-order valence-corrected chi connectivity index (χ2v) is 15.6. The van der Waals surface area contributed by atoms with Gasteiger partial charge in [-0.2, -0.15) is 0 Å². The molecule has 5 atom stereocenters. The molecule has 5 aliphatic rings. The van der Waals surface area contributed by atoms with E-state index in [1.807, 2.05) is 11.0 Å². The van der Waals surface area contributed by atoms with Gasteiger partial charge in [-0.15, -0.1) is 0 Å². The normalized spacial score (nSPS) is 31.5. The molecule has 2 saturated heterocycles. The number of carbonyl (C=O) groups excluding carboxylic acids is 3. The molecule has 7 rings (SSSR count). The molecule has 2 amide bonds. The SMILES string of the molecule is CC1(C)CCC2(CC1)C[C@@H](C(=O)C[C@@H]1CC[C@@H](C(=O)N3CCC3)OC1)[C@H](c1ccnc(Cl)c1F)[C@]21C(=O)Nc2cc(Cl)ccc21. The van der Waals surface area contributed by atoms with Crippen LogP contribution in [0.1, 0.15) is 88.7 Å². The monoisotopic (exact) mass is 655 g/mol. The van der Waals surface area contributed by atoms with E-state index in [1.165, 1.54) is 6.20 Å². The molecule has 4 heterocycles. The van der Waals surface area contributed by atoms with E-state index >= 15 is 4.39 Å². The highest BCUT2D eigenvalue weighted by atomic mass is 35.5. The highest BCUT2D eigenvalue weighted by Crippen LogP contribution is 2.72. The first-order chi connectivity index (χ1) is 21.5. The zero-order valence-electron chi connectivity index (χ0n) is 25.8. The second kappa shape index (κ2) is 11.3. The molecular weight excluding hydrogens is 616 g/mol. The number of hydrogen-bond acceptors (Lipinski definition) is 5. The summed E-state index contributed by atoms with van der Waals surface area (Å²) in [6.07, 6.45) is 7.30. The van der Waals surface area contributed by atoms with Crippen LogP contribution in [0, 0.1) is 28.5 Å². The summed E-state index contributed by atoms with van der Waals surface area (Å²) >= 11 is 12.7. The first kappa shape index (κ1) is 31.1. The molecule has 45 heavy (non-hydrogen) atoms. The zero-order valence-corrected chi connectivity index (χ0v) is 27.4. The van der Waals surface area contributed by atoms with Gasteiger partial charge < -0.3 is 15.0 Å². The fourth-order valence-electron chi connectivity index (χ4n) is 9.24. The maximum absolute atomic E-state index is 16.1. The maximum Gasteiger partial charge on any atom is 0.251 e. The third kappa shape index (κ3) is 4.92. The summed E-state index contributed by atoms with van der Waals surface area (Å²) in [5, 5.41) is 3.33. The molecule has 1 N–H and O–H groups in total. The van der Waals surface area contributed by atoms with Crippen LogP contribution >= 0.6 is 23.2 Å². The number of likely N-dealkylation sites (tertiary alicyclic amines) is 1. The van der Waals surface area contributed by atoms with Gasteiger partial charge in [0.05, 0.1) is 12.0 Å². The van der Waals surface area contributed by atoms with Gasteiger partial charge in [0.25, 0.3) is 5.91 Å². The van der Waals surface area contributed by atoms with Gasteiger partial charge in [0.1, 0.15) is 11.9 Å². The minimum Gasteiger partial charge on any atom is -0.368 e. The minimum atomic E-state index is -1.19. The van der Waals surface area contributed by atoms with Crippen molar-refractivity contribution in [1.29, 1.82) is 0 Å². The lowest BCUT2D eigenvalue weighted by molar-refractivity contribution is -0.152. The van der Waals surface area contributed by atoms with Crippen LogP contribution in [0.2, 0.25) is 10.2 Å².